The summed E-state index contributed by atoms with van der Waals surface area (Å²) in [6.07, 6.45) is 0. The van der Waals surface area contributed by atoms with E-state index in [1.54, 1.807) is 0 Å². The lowest BCUT2D eigenvalue weighted by Gasteiger charge is -2.40. The first-order chi connectivity index (χ1) is 53.8. The molecule has 0 atom stereocenters. The van der Waals surface area contributed by atoms with Gasteiger partial charge in [0, 0.05) is 41.5 Å². The van der Waals surface area contributed by atoms with Crippen molar-refractivity contribution in [3.05, 3.63) is 358 Å². The number of esters is 6. The summed E-state index contributed by atoms with van der Waals surface area (Å²) in [5.41, 5.74) is 14.1. The number of rotatable bonds is 12. The van der Waals surface area contributed by atoms with Gasteiger partial charge in [0.15, 0.2) is 0 Å². The first-order valence-electron chi connectivity index (χ1n) is 36.8. The maximum absolute atomic E-state index is 12.7. The molecule has 3 aliphatic rings. The van der Waals surface area contributed by atoms with Crippen molar-refractivity contribution < 1.29 is 57.2 Å². The summed E-state index contributed by atoms with van der Waals surface area (Å²) >= 11 is 0. The van der Waals surface area contributed by atoms with E-state index in [9.17, 15) is 28.8 Å². The number of hydrogen-bond acceptors (Lipinski definition) is 12. The van der Waals surface area contributed by atoms with Crippen molar-refractivity contribution in [1.82, 2.24) is 0 Å². The van der Waals surface area contributed by atoms with E-state index in [4.69, 9.17) is 28.4 Å². The van der Waals surface area contributed by atoms with Gasteiger partial charge < -0.3 is 28.4 Å². The molecule has 0 radical (unpaired) electrons. The molecule has 19 rings (SSSR count). The fourth-order valence-electron chi connectivity index (χ4n) is 18.6. The molecule has 0 heterocycles. The highest BCUT2D eigenvalue weighted by Gasteiger charge is 2.61. The number of carbonyl (C=O) groups excluding carboxylic acids is 6. The Labute approximate surface area is 637 Å². The van der Waals surface area contributed by atoms with E-state index in [1.165, 1.54) is 41.5 Å². The molecule has 3 aliphatic carbocycles. The Bertz CT molecular complexity index is 5870. The third-order valence-corrected chi connectivity index (χ3v) is 22.5. The van der Waals surface area contributed by atoms with E-state index >= 15 is 0 Å². The minimum atomic E-state index is -1.25. The third-order valence-electron chi connectivity index (χ3n) is 22.5. The van der Waals surface area contributed by atoms with Gasteiger partial charge in [-0.2, -0.15) is 0 Å². The molecule has 12 nitrogen and oxygen atoms in total. The zero-order chi connectivity index (χ0) is 75.9. The van der Waals surface area contributed by atoms with Crippen LogP contribution in [0.15, 0.2) is 291 Å². The standard InChI is InChI=1S/C99H66O12/c1-55(100)106-79-37-25-61-43-73(31-19-67(61)49-79)97(74-32-20-68-50-80(107-56(2)101)38-26-62(68)44-74)88-16-10-7-13-85(88)91-94(97)92-86-14-8-11-17-89(86)98(75-33-21-69-51-81(108-57(3)102)39-27-63(69)45-75,76-34-22-70-52-82(109-58(4)103)40-28-64(70)46-76)96(92)93-87-15-9-12-18-90(87)99(95(91)93,77-35-23-71-53-83(110-59(5)104)41-29-65(71)47-77)78-36-24-72-54-84(111-60(6)105)42-30-66(72)48-78/h7-54H,1-6H3. The Morgan fingerprint density at radius 2 is 0.360 bits per heavy atom. The van der Waals surface area contributed by atoms with Gasteiger partial charge in [-0.05, 0) is 274 Å². The summed E-state index contributed by atoms with van der Waals surface area (Å²) < 4.78 is 34.7. The summed E-state index contributed by atoms with van der Waals surface area (Å²) in [5.74, 6) is -0.0682. The van der Waals surface area contributed by atoms with Gasteiger partial charge >= 0.3 is 35.8 Å². The van der Waals surface area contributed by atoms with Crippen molar-refractivity contribution in [2.45, 2.75) is 57.8 Å². The van der Waals surface area contributed by atoms with Crippen LogP contribution in [0.5, 0.6) is 34.5 Å². The molecule has 111 heavy (non-hydrogen) atoms. The average molecular weight is 1450 g/mol. The molecule has 0 N–H and O–H groups in total. The van der Waals surface area contributed by atoms with E-state index < -0.39 is 52.1 Å². The highest BCUT2D eigenvalue weighted by atomic mass is 16.6. The summed E-state index contributed by atoms with van der Waals surface area (Å²) in [5, 5.41) is 10.5. The first kappa shape index (κ1) is 67.5. The average Bonchev–Trinajstić information content (AvgIpc) is 1.44. The minimum Gasteiger partial charge on any atom is -0.427 e. The van der Waals surface area contributed by atoms with Crippen molar-refractivity contribution in [3.8, 4) is 67.9 Å². The molecule has 12 heteroatoms. The second-order valence-electron chi connectivity index (χ2n) is 29.0. The number of hydrogen-bond donors (Lipinski definition) is 0. The molecular weight excluding hydrogens is 1380 g/mol. The zero-order valence-electron chi connectivity index (χ0n) is 61.1. The predicted molar refractivity (Wildman–Crippen MR) is 431 cm³/mol. The Morgan fingerprint density at radius 3 is 0.541 bits per heavy atom. The Balaban J connectivity index is 1.06. The largest absolute Gasteiger partial charge is 0.427 e. The van der Waals surface area contributed by atoms with Crippen LogP contribution < -0.4 is 28.4 Å². The Hall–Kier alpha value is -14.1. The molecule has 0 spiro atoms. The van der Waals surface area contributed by atoms with Gasteiger partial charge in [0.05, 0.1) is 16.2 Å². The van der Waals surface area contributed by atoms with Crippen LogP contribution in [0.2, 0.25) is 0 Å². The van der Waals surface area contributed by atoms with Crippen LogP contribution in [-0.4, -0.2) is 35.8 Å². The number of benzene rings is 16. The molecule has 534 valence electrons. The first-order valence-corrected chi connectivity index (χ1v) is 36.8. The fraction of sp³-hybridized carbons (Fsp3) is 0.0909. The predicted octanol–water partition coefficient (Wildman–Crippen LogP) is 21.2. The lowest BCUT2D eigenvalue weighted by atomic mass is 9.60. The topological polar surface area (TPSA) is 158 Å². The lowest BCUT2D eigenvalue weighted by Crippen LogP contribution is -2.33. The second kappa shape index (κ2) is 25.5. The van der Waals surface area contributed by atoms with Crippen LogP contribution in [-0.2, 0) is 45.0 Å². The van der Waals surface area contributed by atoms with Gasteiger partial charge in [-0.3, -0.25) is 28.8 Å². The monoisotopic (exact) mass is 1450 g/mol. The normalized spacial score (nSPS) is 13.6. The van der Waals surface area contributed by atoms with Crippen molar-refractivity contribution in [2.75, 3.05) is 0 Å². The SMILES string of the molecule is CC(=O)Oc1ccc2cc(C3(c4ccc5cc(OC(C)=O)ccc5c4)c4ccccc4-c4c3c3c(c5c4C(c4ccc6cc(OC(C)=O)ccc6c4)(c4ccc6cc(OC(C)=O)ccc6c4)c4ccccc4-5)C(c4ccc5cc(OC(C)=O)ccc5c4)(c4ccc5cc(OC(C)=O)ccc5c4)c4ccccc4-3)ccc2c1. The van der Waals surface area contributed by atoms with E-state index in [-0.39, 0.29) is 0 Å². The molecule has 16 aromatic rings. The van der Waals surface area contributed by atoms with Gasteiger partial charge in [-0.1, -0.05) is 182 Å². The van der Waals surface area contributed by atoms with Gasteiger partial charge in [-0.15, -0.1) is 0 Å². The van der Waals surface area contributed by atoms with Crippen LogP contribution >= 0.6 is 0 Å². The summed E-state index contributed by atoms with van der Waals surface area (Å²) in [7, 11) is 0. The van der Waals surface area contributed by atoms with E-state index in [0.29, 0.717) is 34.5 Å². The zero-order valence-corrected chi connectivity index (χ0v) is 61.1. The van der Waals surface area contributed by atoms with Crippen molar-refractivity contribution in [2.24, 2.45) is 0 Å². The summed E-state index contributed by atoms with van der Waals surface area (Å²) in [6.45, 7) is 8.41. The summed E-state index contributed by atoms with van der Waals surface area (Å²) in [4.78, 5) is 76.0. The molecular formula is C99H66O12. The molecule has 0 amide bonds. The van der Waals surface area contributed by atoms with Crippen molar-refractivity contribution in [3.63, 3.8) is 0 Å². The van der Waals surface area contributed by atoms with E-state index in [0.717, 1.165) is 165 Å². The smallest absolute Gasteiger partial charge is 0.308 e. The van der Waals surface area contributed by atoms with E-state index in [1.807, 2.05) is 109 Å². The molecule has 0 saturated heterocycles. The molecule has 0 saturated carbocycles. The lowest BCUT2D eigenvalue weighted by molar-refractivity contribution is -0.132. The maximum atomic E-state index is 12.7. The molecule has 16 aromatic carbocycles. The van der Waals surface area contributed by atoms with Gasteiger partial charge in [0.1, 0.15) is 34.5 Å². The van der Waals surface area contributed by atoms with Crippen LogP contribution in [0.25, 0.3) is 98.0 Å². The van der Waals surface area contributed by atoms with Gasteiger partial charge in [-0.25, -0.2) is 0 Å². The van der Waals surface area contributed by atoms with Crippen LogP contribution in [0.4, 0.5) is 0 Å². The number of carbonyl (C=O) groups is 6. The number of ether oxygens (including phenoxy) is 6. The fourth-order valence-corrected chi connectivity index (χ4v) is 18.6. The minimum absolute atomic E-state index is 0.419. The molecule has 0 aliphatic heterocycles. The molecule has 0 unspecified atom stereocenters. The Morgan fingerprint density at radius 1 is 0.198 bits per heavy atom. The molecule has 0 fully saturated rings. The molecule has 0 bridgehead atoms. The van der Waals surface area contributed by atoms with E-state index in [2.05, 4.69) is 182 Å². The van der Waals surface area contributed by atoms with Crippen molar-refractivity contribution >= 4 is 100 Å². The van der Waals surface area contributed by atoms with Gasteiger partial charge in [0.2, 0.25) is 0 Å². The van der Waals surface area contributed by atoms with Crippen LogP contribution in [0.1, 0.15) is 108 Å². The maximum Gasteiger partial charge on any atom is 0.308 e. The molecule has 0 aromatic heterocycles. The van der Waals surface area contributed by atoms with Gasteiger partial charge in [0.25, 0.3) is 0 Å². The highest BCUT2D eigenvalue weighted by molar-refractivity contribution is 6.11. The quantitative estimate of drug-likeness (QED) is 0.0843. The number of fused-ring (bicyclic) bond motifs is 18. The van der Waals surface area contributed by atoms with Crippen molar-refractivity contribution in [1.29, 1.82) is 0 Å². The second-order valence-corrected chi connectivity index (χ2v) is 29.0. The van der Waals surface area contributed by atoms with Crippen LogP contribution in [0.3, 0.4) is 0 Å². The van der Waals surface area contributed by atoms with Crippen LogP contribution in [0, 0.1) is 0 Å². The highest BCUT2D eigenvalue weighted by Crippen LogP contribution is 2.73. The third kappa shape index (κ3) is 10.6. The summed E-state index contributed by atoms with van der Waals surface area (Å²) in [6, 6.07) is 101. The Kier molecular flexibility index (Phi) is 15.5.